The molecule has 0 spiro atoms. The fourth-order valence-corrected chi connectivity index (χ4v) is 2.29. The number of hydrogen-bond donors (Lipinski definition) is 2. The first-order valence-electron chi connectivity index (χ1n) is 6.54. The quantitative estimate of drug-likeness (QED) is 0.889. The first-order chi connectivity index (χ1) is 9.86. The summed E-state index contributed by atoms with van der Waals surface area (Å²) in [5, 5.41) is 4.97. The Bertz CT molecular complexity index is 517. The highest BCUT2D eigenvalue weighted by molar-refractivity contribution is 5.82. The van der Waals surface area contributed by atoms with E-state index in [1.807, 2.05) is 0 Å². The zero-order chi connectivity index (χ0) is 15.5. The number of hydrogen-bond acceptors (Lipinski definition) is 2. The molecule has 0 bridgehead atoms. The Morgan fingerprint density at radius 2 is 2.00 bits per heavy atom. The largest absolute Gasteiger partial charge is 0.396 e. The molecule has 7 heteroatoms. The molecule has 21 heavy (non-hydrogen) atoms. The van der Waals surface area contributed by atoms with E-state index in [1.54, 1.807) is 6.07 Å². The molecule has 0 saturated carbocycles. The van der Waals surface area contributed by atoms with Crippen LogP contribution in [0.3, 0.4) is 0 Å². The van der Waals surface area contributed by atoms with Crippen LogP contribution in [0, 0.1) is 0 Å². The number of alkyl halides is 3. The molecule has 0 aromatic heterocycles. The summed E-state index contributed by atoms with van der Waals surface area (Å²) in [7, 11) is 0. The van der Waals surface area contributed by atoms with E-state index < -0.39 is 30.5 Å². The van der Waals surface area contributed by atoms with Crippen molar-refractivity contribution in [2.75, 3.05) is 6.54 Å². The van der Waals surface area contributed by atoms with Crippen molar-refractivity contribution in [3.05, 3.63) is 35.9 Å². The molecule has 0 unspecified atom stereocenters. The topological polar surface area (TPSA) is 58.2 Å². The fourth-order valence-electron chi connectivity index (χ4n) is 2.29. The molecule has 1 aromatic carbocycles. The zero-order valence-corrected chi connectivity index (χ0v) is 11.1. The van der Waals surface area contributed by atoms with E-state index in [4.69, 9.17) is 0 Å². The highest BCUT2D eigenvalue weighted by atomic mass is 19.4. The maximum Gasteiger partial charge on any atom is 0.396 e. The maximum atomic E-state index is 13.1. The highest BCUT2D eigenvalue weighted by Gasteiger charge is 2.42. The first-order valence-corrected chi connectivity index (χ1v) is 6.54. The van der Waals surface area contributed by atoms with Crippen molar-refractivity contribution < 1.29 is 22.8 Å². The fraction of sp³-hybridized carbons (Fsp3) is 0.429. The molecule has 1 heterocycles. The maximum absolute atomic E-state index is 13.1. The molecule has 2 amide bonds. The molecule has 1 fully saturated rings. The molecule has 114 valence electrons. The minimum atomic E-state index is -4.50. The van der Waals surface area contributed by atoms with Gasteiger partial charge in [0.1, 0.15) is 0 Å². The molecule has 1 aliphatic heterocycles. The van der Waals surface area contributed by atoms with Gasteiger partial charge in [-0.05, 0) is 5.56 Å². The normalized spacial score (nSPS) is 20.0. The summed E-state index contributed by atoms with van der Waals surface area (Å²) in [6, 6.07) is 6.90. The van der Waals surface area contributed by atoms with E-state index in [-0.39, 0.29) is 24.4 Å². The van der Waals surface area contributed by atoms with Crippen molar-refractivity contribution in [1.82, 2.24) is 10.6 Å². The van der Waals surface area contributed by atoms with Crippen molar-refractivity contribution in [2.45, 2.75) is 31.0 Å². The average Bonchev–Trinajstić information content (AvgIpc) is 2.81. The molecular weight excluding hydrogens is 285 g/mol. The molecule has 0 radical (unpaired) electrons. The first kappa shape index (κ1) is 15.3. The standard InChI is InChI=1S/C14H15F3N2O2/c15-14(16,17)11(9-4-2-1-3-5-9)7-13(21)19-10-6-12(20)18-8-10/h1-5,10-11H,6-8H2,(H,18,20)(H,19,21)/t10-,11-/m1/s1. The van der Waals surface area contributed by atoms with Gasteiger partial charge in [-0.3, -0.25) is 9.59 Å². The van der Waals surface area contributed by atoms with E-state index in [0.717, 1.165) is 0 Å². The Morgan fingerprint density at radius 1 is 1.33 bits per heavy atom. The average molecular weight is 300 g/mol. The summed E-state index contributed by atoms with van der Waals surface area (Å²) < 4.78 is 39.3. The number of carbonyl (C=O) groups excluding carboxylic acids is 2. The van der Waals surface area contributed by atoms with Crippen molar-refractivity contribution in [2.24, 2.45) is 0 Å². The van der Waals surface area contributed by atoms with Gasteiger partial charge in [0.05, 0.1) is 12.0 Å². The van der Waals surface area contributed by atoms with Crippen LogP contribution in [0.1, 0.15) is 24.3 Å². The third-order valence-electron chi connectivity index (χ3n) is 3.33. The predicted molar refractivity (Wildman–Crippen MR) is 69.4 cm³/mol. The lowest BCUT2D eigenvalue weighted by Crippen LogP contribution is -2.38. The number of benzene rings is 1. The minimum Gasteiger partial charge on any atom is -0.354 e. The van der Waals surface area contributed by atoms with Crippen molar-refractivity contribution in [3.63, 3.8) is 0 Å². The molecule has 0 aliphatic carbocycles. The van der Waals surface area contributed by atoms with Crippen LogP contribution in [-0.2, 0) is 9.59 Å². The van der Waals surface area contributed by atoms with Crippen LogP contribution in [0.25, 0.3) is 0 Å². The van der Waals surface area contributed by atoms with E-state index in [0.29, 0.717) is 0 Å². The second-order valence-corrected chi connectivity index (χ2v) is 4.98. The lowest BCUT2D eigenvalue weighted by molar-refractivity contribution is -0.157. The smallest absolute Gasteiger partial charge is 0.354 e. The third-order valence-corrected chi connectivity index (χ3v) is 3.33. The molecular formula is C14H15F3N2O2. The Kier molecular flexibility index (Phi) is 4.50. The van der Waals surface area contributed by atoms with Crippen LogP contribution in [0.5, 0.6) is 0 Å². The summed E-state index contributed by atoms with van der Waals surface area (Å²) in [5.74, 6) is -2.76. The predicted octanol–water partition coefficient (Wildman–Crippen LogP) is 1.73. The Hall–Kier alpha value is -2.05. The van der Waals surface area contributed by atoms with Crippen LogP contribution < -0.4 is 10.6 Å². The number of nitrogens with one attached hydrogen (secondary N) is 2. The van der Waals surface area contributed by atoms with Crippen LogP contribution in [0.4, 0.5) is 13.2 Å². The van der Waals surface area contributed by atoms with Crippen molar-refractivity contribution in [1.29, 1.82) is 0 Å². The van der Waals surface area contributed by atoms with Gasteiger partial charge in [-0.15, -0.1) is 0 Å². The molecule has 2 N–H and O–H groups in total. The Balaban J connectivity index is 2.02. The molecule has 1 saturated heterocycles. The number of amides is 2. The van der Waals surface area contributed by atoms with Gasteiger partial charge in [-0.2, -0.15) is 13.2 Å². The molecule has 1 aromatic rings. The zero-order valence-electron chi connectivity index (χ0n) is 11.1. The van der Waals surface area contributed by atoms with Crippen molar-refractivity contribution >= 4 is 11.8 Å². The highest BCUT2D eigenvalue weighted by Crippen LogP contribution is 2.37. The lowest BCUT2D eigenvalue weighted by atomic mass is 9.94. The molecule has 1 aliphatic rings. The Labute approximate surface area is 119 Å². The summed E-state index contributed by atoms with van der Waals surface area (Å²) in [6.45, 7) is 0.257. The number of rotatable bonds is 4. The summed E-state index contributed by atoms with van der Waals surface area (Å²) in [5.41, 5.74) is 0.0563. The SMILES string of the molecule is O=C1C[C@@H](NC(=O)C[C@H](c2ccccc2)C(F)(F)F)CN1. The monoisotopic (exact) mass is 300 g/mol. The van der Waals surface area contributed by atoms with Crippen LogP contribution in [0.15, 0.2) is 30.3 Å². The lowest BCUT2D eigenvalue weighted by Gasteiger charge is -2.21. The molecule has 2 atom stereocenters. The van der Waals surface area contributed by atoms with Crippen LogP contribution >= 0.6 is 0 Å². The summed E-state index contributed by atoms with van der Waals surface area (Å²) in [4.78, 5) is 22.8. The second kappa shape index (κ2) is 6.15. The summed E-state index contributed by atoms with van der Waals surface area (Å²) in [6.07, 6.45) is -5.07. The van der Waals surface area contributed by atoms with Gasteiger partial charge in [0.2, 0.25) is 11.8 Å². The van der Waals surface area contributed by atoms with Gasteiger partial charge >= 0.3 is 6.18 Å². The molecule has 2 rings (SSSR count). The molecule has 4 nitrogen and oxygen atoms in total. The summed E-state index contributed by atoms with van der Waals surface area (Å²) >= 11 is 0. The van der Waals surface area contributed by atoms with E-state index >= 15 is 0 Å². The van der Waals surface area contributed by atoms with Gasteiger partial charge < -0.3 is 10.6 Å². The second-order valence-electron chi connectivity index (χ2n) is 4.98. The van der Waals surface area contributed by atoms with E-state index in [1.165, 1.54) is 24.3 Å². The van der Waals surface area contributed by atoms with Gasteiger partial charge in [0.25, 0.3) is 0 Å². The van der Waals surface area contributed by atoms with Crippen LogP contribution in [0.2, 0.25) is 0 Å². The van der Waals surface area contributed by atoms with E-state index in [2.05, 4.69) is 10.6 Å². The van der Waals surface area contributed by atoms with Gasteiger partial charge in [0.15, 0.2) is 0 Å². The van der Waals surface area contributed by atoms with Crippen LogP contribution in [-0.4, -0.2) is 30.6 Å². The Morgan fingerprint density at radius 3 is 2.52 bits per heavy atom. The third kappa shape index (κ3) is 4.21. The minimum absolute atomic E-state index is 0.0563. The number of halogens is 3. The van der Waals surface area contributed by atoms with Gasteiger partial charge in [0, 0.05) is 19.4 Å². The van der Waals surface area contributed by atoms with Gasteiger partial charge in [-0.1, -0.05) is 30.3 Å². The van der Waals surface area contributed by atoms with E-state index in [9.17, 15) is 22.8 Å². The number of carbonyl (C=O) groups is 2. The van der Waals surface area contributed by atoms with Gasteiger partial charge in [-0.25, -0.2) is 0 Å². The van der Waals surface area contributed by atoms with Crippen molar-refractivity contribution in [3.8, 4) is 0 Å².